The average molecular weight is 392 g/mol. The van der Waals surface area contributed by atoms with Crippen LogP contribution in [0.15, 0.2) is 60.7 Å². The van der Waals surface area contributed by atoms with Crippen LogP contribution in [0.1, 0.15) is 29.9 Å². The van der Waals surface area contributed by atoms with E-state index in [0.717, 1.165) is 11.3 Å². The summed E-state index contributed by atoms with van der Waals surface area (Å²) in [6.07, 6.45) is 0. The van der Waals surface area contributed by atoms with Crippen molar-refractivity contribution < 1.29 is 14.3 Å². The first kappa shape index (κ1) is 20.1. The minimum atomic E-state index is -0.342. The lowest BCUT2D eigenvalue weighted by atomic mass is 10.2. The lowest BCUT2D eigenvalue weighted by Crippen LogP contribution is -2.23. The fourth-order valence-corrected chi connectivity index (χ4v) is 2.73. The van der Waals surface area contributed by atoms with Crippen molar-refractivity contribution in [3.05, 3.63) is 71.9 Å². The van der Waals surface area contributed by atoms with E-state index in [1.165, 1.54) is 0 Å². The Bertz CT molecular complexity index is 996. The Morgan fingerprint density at radius 2 is 1.76 bits per heavy atom. The Labute approximate surface area is 169 Å². The van der Waals surface area contributed by atoms with Gasteiger partial charge in [-0.05, 0) is 18.2 Å². The van der Waals surface area contributed by atoms with E-state index in [2.05, 4.69) is 15.7 Å². The number of methoxy groups -OCH3 is 1. The number of para-hydroxylation sites is 2. The molecule has 0 unspecified atom stereocenters. The van der Waals surface area contributed by atoms with Crippen LogP contribution in [0.25, 0.3) is 5.69 Å². The summed E-state index contributed by atoms with van der Waals surface area (Å²) in [7, 11) is 1.59. The molecule has 0 fully saturated rings. The summed E-state index contributed by atoms with van der Waals surface area (Å²) in [5.41, 5.74) is 1.82. The van der Waals surface area contributed by atoms with Crippen LogP contribution in [0.2, 0.25) is 0 Å². The van der Waals surface area contributed by atoms with Crippen LogP contribution in [0.4, 0.5) is 5.82 Å². The average Bonchev–Trinajstić information content (AvgIpc) is 3.16. The van der Waals surface area contributed by atoms with Crippen LogP contribution in [0.5, 0.6) is 5.75 Å². The first-order chi connectivity index (χ1) is 14.0. The highest BCUT2D eigenvalue weighted by molar-refractivity contribution is 5.96. The Balaban J connectivity index is 1.84. The van der Waals surface area contributed by atoms with Crippen molar-refractivity contribution >= 4 is 17.6 Å². The van der Waals surface area contributed by atoms with Gasteiger partial charge in [0.25, 0.3) is 5.91 Å². The Morgan fingerprint density at radius 1 is 1.07 bits per heavy atom. The first-order valence-corrected chi connectivity index (χ1v) is 9.36. The van der Waals surface area contributed by atoms with Gasteiger partial charge in [-0.2, -0.15) is 5.10 Å². The molecule has 0 radical (unpaired) electrons. The predicted octanol–water partition coefficient (Wildman–Crippen LogP) is 3.41. The molecule has 7 heteroatoms. The van der Waals surface area contributed by atoms with E-state index >= 15 is 0 Å². The molecule has 0 atom stereocenters. The smallest absolute Gasteiger partial charge is 0.272 e. The van der Waals surface area contributed by atoms with Crippen LogP contribution >= 0.6 is 0 Å². The molecule has 1 heterocycles. The minimum Gasteiger partial charge on any atom is -0.496 e. The van der Waals surface area contributed by atoms with Gasteiger partial charge in [0.05, 0.1) is 12.8 Å². The Morgan fingerprint density at radius 3 is 2.45 bits per heavy atom. The molecule has 0 saturated carbocycles. The number of carbonyl (C=O) groups is 2. The summed E-state index contributed by atoms with van der Waals surface area (Å²) in [6, 6.07) is 18.4. The van der Waals surface area contributed by atoms with E-state index in [1.807, 2.05) is 54.6 Å². The van der Waals surface area contributed by atoms with Gasteiger partial charge >= 0.3 is 0 Å². The van der Waals surface area contributed by atoms with E-state index in [1.54, 1.807) is 31.7 Å². The molecule has 150 valence electrons. The van der Waals surface area contributed by atoms with E-state index in [4.69, 9.17) is 4.74 Å². The number of anilines is 1. The monoisotopic (exact) mass is 392 g/mol. The number of hydrogen-bond donors (Lipinski definition) is 2. The zero-order chi connectivity index (χ0) is 20.8. The van der Waals surface area contributed by atoms with Crippen molar-refractivity contribution in [1.29, 1.82) is 0 Å². The van der Waals surface area contributed by atoms with Crippen molar-refractivity contribution in [3.8, 4) is 11.4 Å². The van der Waals surface area contributed by atoms with Crippen LogP contribution < -0.4 is 15.4 Å². The third-order valence-corrected chi connectivity index (χ3v) is 4.35. The molecule has 0 saturated heterocycles. The molecule has 2 amide bonds. The van der Waals surface area contributed by atoms with E-state index in [9.17, 15) is 9.59 Å². The molecule has 0 aliphatic rings. The maximum atomic E-state index is 12.7. The summed E-state index contributed by atoms with van der Waals surface area (Å²) in [6.45, 7) is 3.91. The second-order valence-electron chi connectivity index (χ2n) is 6.80. The van der Waals surface area contributed by atoms with Crippen LogP contribution in [-0.2, 0) is 11.3 Å². The van der Waals surface area contributed by atoms with Gasteiger partial charge in [-0.3, -0.25) is 9.59 Å². The molecule has 0 bridgehead atoms. The molecule has 0 aliphatic heterocycles. The van der Waals surface area contributed by atoms with Crippen LogP contribution in [0, 0.1) is 5.92 Å². The minimum absolute atomic E-state index is 0.150. The number of nitrogens with zero attached hydrogens (tertiary/aromatic N) is 2. The molecule has 3 rings (SSSR count). The highest BCUT2D eigenvalue weighted by Gasteiger charge is 2.18. The van der Waals surface area contributed by atoms with Gasteiger partial charge in [0.2, 0.25) is 5.91 Å². The third-order valence-electron chi connectivity index (χ3n) is 4.35. The zero-order valence-corrected chi connectivity index (χ0v) is 16.7. The number of carbonyl (C=O) groups excluding carboxylic acids is 2. The molecule has 2 N–H and O–H groups in total. The van der Waals surface area contributed by atoms with Crippen molar-refractivity contribution in [2.45, 2.75) is 20.4 Å². The summed E-state index contributed by atoms with van der Waals surface area (Å²) >= 11 is 0. The van der Waals surface area contributed by atoms with E-state index in [0.29, 0.717) is 18.1 Å². The van der Waals surface area contributed by atoms with Crippen molar-refractivity contribution in [1.82, 2.24) is 15.1 Å². The first-order valence-electron chi connectivity index (χ1n) is 9.36. The maximum Gasteiger partial charge on any atom is 0.272 e. The van der Waals surface area contributed by atoms with E-state index < -0.39 is 0 Å². The van der Waals surface area contributed by atoms with Crippen LogP contribution in [-0.4, -0.2) is 28.7 Å². The highest BCUT2D eigenvalue weighted by Crippen LogP contribution is 2.19. The number of aromatic nitrogens is 2. The second kappa shape index (κ2) is 9.05. The SMILES string of the molecule is COc1ccccc1CNC(=O)c1cc(NC(=O)C(C)C)n(-c2ccccc2)n1. The standard InChI is InChI=1S/C22H24N4O3/c1-15(2)21(27)24-20-13-18(25-26(20)17-10-5-4-6-11-17)22(28)23-14-16-9-7-8-12-19(16)29-3/h4-13,15H,14H2,1-3H3,(H,23,28)(H,24,27). The number of rotatable bonds is 7. The highest BCUT2D eigenvalue weighted by atomic mass is 16.5. The van der Waals surface area contributed by atoms with Gasteiger partial charge in [0.1, 0.15) is 11.6 Å². The predicted molar refractivity (Wildman–Crippen MR) is 111 cm³/mol. The van der Waals surface area contributed by atoms with Gasteiger partial charge in [0, 0.05) is 24.1 Å². The van der Waals surface area contributed by atoms with Gasteiger partial charge in [-0.25, -0.2) is 4.68 Å². The van der Waals surface area contributed by atoms with Gasteiger partial charge < -0.3 is 15.4 Å². The fraction of sp³-hybridized carbons (Fsp3) is 0.227. The zero-order valence-electron chi connectivity index (χ0n) is 16.7. The van der Waals surface area contributed by atoms with E-state index in [-0.39, 0.29) is 23.4 Å². The summed E-state index contributed by atoms with van der Waals surface area (Å²) < 4.78 is 6.87. The molecule has 0 aliphatic carbocycles. The quantitative estimate of drug-likeness (QED) is 0.645. The molecule has 3 aromatic rings. The number of hydrogen-bond acceptors (Lipinski definition) is 4. The molecule has 2 aromatic carbocycles. The Kier molecular flexibility index (Phi) is 6.29. The third kappa shape index (κ3) is 4.82. The number of ether oxygens (including phenoxy) is 1. The maximum absolute atomic E-state index is 12.7. The largest absolute Gasteiger partial charge is 0.496 e. The Hall–Kier alpha value is -3.61. The van der Waals surface area contributed by atoms with Crippen molar-refractivity contribution in [2.24, 2.45) is 5.92 Å². The van der Waals surface area contributed by atoms with Gasteiger partial charge in [-0.15, -0.1) is 0 Å². The van der Waals surface area contributed by atoms with Crippen LogP contribution in [0.3, 0.4) is 0 Å². The van der Waals surface area contributed by atoms with Crippen molar-refractivity contribution in [2.75, 3.05) is 12.4 Å². The van der Waals surface area contributed by atoms with Gasteiger partial charge in [-0.1, -0.05) is 50.2 Å². The lowest BCUT2D eigenvalue weighted by molar-refractivity contribution is -0.118. The molecular weight excluding hydrogens is 368 g/mol. The summed E-state index contributed by atoms with van der Waals surface area (Å²) in [4.78, 5) is 24.9. The number of amides is 2. The molecule has 7 nitrogen and oxygen atoms in total. The lowest BCUT2D eigenvalue weighted by Gasteiger charge is -2.10. The molecule has 29 heavy (non-hydrogen) atoms. The van der Waals surface area contributed by atoms with Gasteiger partial charge in [0.15, 0.2) is 5.69 Å². The normalized spacial score (nSPS) is 10.6. The summed E-state index contributed by atoms with van der Waals surface area (Å²) in [5.74, 6) is 0.454. The van der Waals surface area contributed by atoms with Crippen molar-refractivity contribution in [3.63, 3.8) is 0 Å². The topological polar surface area (TPSA) is 85.3 Å². The molecule has 0 spiro atoms. The number of benzene rings is 2. The second-order valence-corrected chi connectivity index (χ2v) is 6.80. The summed E-state index contributed by atoms with van der Waals surface area (Å²) in [5, 5.41) is 10.1. The molecule has 1 aromatic heterocycles. The fourth-order valence-electron chi connectivity index (χ4n) is 2.73. The molecular formula is C22H24N4O3. The number of nitrogens with one attached hydrogen (secondary N) is 2.